The zero-order chi connectivity index (χ0) is 20.1. The van der Waals surface area contributed by atoms with Gasteiger partial charge in [0, 0.05) is 22.3 Å². The molecule has 0 saturated heterocycles. The van der Waals surface area contributed by atoms with Gasteiger partial charge in [0.05, 0.1) is 0 Å². The normalized spacial score (nSPS) is 11.5. The minimum absolute atomic E-state index is 0.232. The smallest absolute Gasteiger partial charge is 0.166 e. The van der Waals surface area contributed by atoms with E-state index >= 15 is 0 Å². The Morgan fingerprint density at radius 1 is 0.714 bits per heavy atom. The number of aryl methyl sites for hydroxylation is 3. The molecular formula is C26H22F2. The Hall–Kier alpha value is -3.18. The number of rotatable bonds is 3. The second-order valence-corrected chi connectivity index (χ2v) is 6.84. The summed E-state index contributed by atoms with van der Waals surface area (Å²) in [6.07, 6.45) is 0.686. The minimum Gasteiger partial charge on any atom is -0.203 e. The molecule has 0 aromatic heterocycles. The predicted molar refractivity (Wildman–Crippen MR) is 113 cm³/mol. The summed E-state index contributed by atoms with van der Waals surface area (Å²) in [5.74, 6) is 4.59. The van der Waals surface area contributed by atoms with Crippen LogP contribution in [0.2, 0.25) is 0 Å². The summed E-state index contributed by atoms with van der Waals surface area (Å²) < 4.78 is 29.3. The molecule has 0 N–H and O–H groups in total. The maximum absolute atomic E-state index is 14.7. The predicted octanol–water partition coefficient (Wildman–Crippen LogP) is 7.03. The fourth-order valence-electron chi connectivity index (χ4n) is 2.87. The average Bonchev–Trinajstić information content (AvgIpc) is 2.72. The van der Waals surface area contributed by atoms with Crippen LogP contribution in [0.15, 0.2) is 66.7 Å². The van der Waals surface area contributed by atoms with E-state index in [1.165, 1.54) is 5.56 Å². The highest BCUT2D eigenvalue weighted by molar-refractivity contribution is 5.83. The van der Waals surface area contributed by atoms with Crippen molar-refractivity contribution in [3.05, 3.63) is 106 Å². The van der Waals surface area contributed by atoms with E-state index in [-0.39, 0.29) is 11.1 Å². The van der Waals surface area contributed by atoms with Crippen molar-refractivity contribution in [1.82, 2.24) is 0 Å². The molecule has 0 aliphatic rings. The van der Waals surface area contributed by atoms with Crippen LogP contribution in [0.25, 0.3) is 11.7 Å². The molecule has 0 aliphatic carbocycles. The van der Waals surface area contributed by atoms with Gasteiger partial charge in [0.2, 0.25) is 0 Å². The highest BCUT2D eigenvalue weighted by atomic mass is 19.2. The molecule has 0 fully saturated rings. The number of hydrogen-bond donors (Lipinski definition) is 0. The van der Waals surface area contributed by atoms with Gasteiger partial charge in [0.15, 0.2) is 11.7 Å². The Balaban J connectivity index is 1.93. The molecule has 3 aromatic rings. The Bertz CT molecular complexity index is 1060. The van der Waals surface area contributed by atoms with Gasteiger partial charge in [-0.1, -0.05) is 72.4 Å². The number of halogens is 2. The van der Waals surface area contributed by atoms with Gasteiger partial charge in [0.1, 0.15) is 0 Å². The zero-order valence-corrected chi connectivity index (χ0v) is 16.3. The molecule has 0 bridgehead atoms. The zero-order valence-electron chi connectivity index (χ0n) is 16.3. The second-order valence-electron chi connectivity index (χ2n) is 6.84. The molecule has 0 aliphatic heterocycles. The van der Waals surface area contributed by atoms with Gasteiger partial charge < -0.3 is 0 Å². The molecule has 0 heterocycles. The molecule has 3 aromatic carbocycles. The minimum atomic E-state index is -0.850. The van der Waals surface area contributed by atoms with E-state index in [9.17, 15) is 8.78 Å². The molecule has 0 radical (unpaired) electrons. The van der Waals surface area contributed by atoms with Crippen LogP contribution in [0.3, 0.4) is 0 Å². The van der Waals surface area contributed by atoms with Gasteiger partial charge in [-0.15, -0.1) is 0 Å². The SMILES string of the molecule is CCc1cc(/C(F)=C(\F)c2ccc(C)cc2)ccc1C#Cc1ccc(C)cc1. The summed E-state index contributed by atoms with van der Waals surface area (Å²) in [6, 6.07) is 19.7. The van der Waals surface area contributed by atoms with Gasteiger partial charge in [-0.05, 0) is 50.1 Å². The van der Waals surface area contributed by atoms with E-state index in [4.69, 9.17) is 0 Å². The van der Waals surface area contributed by atoms with Crippen molar-refractivity contribution >= 4 is 11.7 Å². The van der Waals surface area contributed by atoms with Crippen molar-refractivity contribution in [2.24, 2.45) is 0 Å². The third kappa shape index (κ3) is 4.56. The van der Waals surface area contributed by atoms with Gasteiger partial charge >= 0.3 is 0 Å². The molecule has 0 saturated carbocycles. The Morgan fingerprint density at radius 3 is 1.86 bits per heavy atom. The lowest BCUT2D eigenvalue weighted by Gasteiger charge is -2.07. The quantitative estimate of drug-likeness (QED) is 0.342. The molecule has 28 heavy (non-hydrogen) atoms. The molecule has 2 heteroatoms. The van der Waals surface area contributed by atoms with Gasteiger partial charge in [0.25, 0.3) is 0 Å². The van der Waals surface area contributed by atoms with Crippen LogP contribution in [0.1, 0.15) is 45.9 Å². The van der Waals surface area contributed by atoms with E-state index in [0.717, 1.165) is 22.3 Å². The third-order valence-electron chi connectivity index (χ3n) is 4.63. The molecule has 0 spiro atoms. The molecule has 3 rings (SSSR count). The van der Waals surface area contributed by atoms with Crippen molar-refractivity contribution < 1.29 is 8.78 Å². The first kappa shape index (κ1) is 19.6. The van der Waals surface area contributed by atoms with E-state index in [2.05, 4.69) is 11.8 Å². The van der Waals surface area contributed by atoms with Crippen LogP contribution in [-0.2, 0) is 6.42 Å². The topological polar surface area (TPSA) is 0 Å². The first-order chi connectivity index (χ1) is 13.5. The fourth-order valence-corrected chi connectivity index (χ4v) is 2.87. The van der Waals surface area contributed by atoms with Crippen molar-refractivity contribution in [2.75, 3.05) is 0 Å². The Morgan fingerprint density at radius 2 is 1.25 bits per heavy atom. The van der Waals surface area contributed by atoms with Crippen LogP contribution < -0.4 is 0 Å². The molecule has 140 valence electrons. The third-order valence-corrected chi connectivity index (χ3v) is 4.63. The lowest BCUT2D eigenvalue weighted by molar-refractivity contribution is 0.700. The summed E-state index contributed by atoms with van der Waals surface area (Å²) in [6.45, 7) is 5.92. The number of hydrogen-bond acceptors (Lipinski definition) is 0. The number of benzene rings is 3. The maximum Gasteiger partial charge on any atom is 0.166 e. The molecule has 0 atom stereocenters. The van der Waals surface area contributed by atoms with E-state index in [1.54, 1.807) is 42.5 Å². The second kappa shape index (κ2) is 8.67. The van der Waals surface area contributed by atoms with Gasteiger partial charge in [-0.3, -0.25) is 0 Å². The fraction of sp³-hybridized carbons (Fsp3) is 0.154. The average molecular weight is 372 g/mol. The van der Waals surface area contributed by atoms with Gasteiger partial charge in [-0.2, -0.15) is 0 Å². The largest absolute Gasteiger partial charge is 0.203 e. The van der Waals surface area contributed by atoms with Crippen molar-refractivity contribution in [3.63, 3.8) is 0 Å². The van der Waals surface area contributed by atoms with Crippen molar-refractivity contribution in [1.29, 1.82) is 0 Å². The lowest BCUT2D eigenvalue weighted by Crippen LogP contribution is -1.92. The first-order valence-corrected chi connectivity index (χ1v) is 9.32. The van der Waals surface area contributed by atoms with E-state index < -0.39 is 11.7 Å². The molecule has 0 unspecified atom stereocenters. The summed E-state index contributed by atoms with van der Waals surface area (Å²) >= 11 is 0. The Labute approximate surface area is 165 Å². The summed E-state index contributed by atoms with van der Waals surface area (Å²) in [5.41, 5.74) is 5.30. The summed E-state index contributed by atoms with van der Waals surface area (Å²) in [4.78, 5) is 0. The van der Waals surface area contributed by atoms with Crippen LogP contribution >= 0.6 is 0 Å². The summed E-state index contributed by atoms with van der Waals surface area (Å²) in [5, 5.41) is 0. The highest BCUT2D eigenvalue weighted by Crippen LogP contribution is 2.30. The van der Waals surface area contributed by atoms with E-state index in [0.29, 0.717) is 6.42 Å². The first-order valence-electron chi connectivity index (χ1n) is 9.32. The molecule has 0 nitrogen and oxygen atoms in total. The van der Waals surface area contributed by atoms with Crippen molar-refractivity contribution in [3.8, 4) is 11.8 Å². The van der Waals surface area contributed by atoms with Crippen LogP contribution in [-0.4, -0.2) is 0 Å². The molecular weight excluding hydrogens is 350 g/mol. The maximum atomic E-state index is 14.7. The molecule has 0 amide bonds. The monoisotopic (exact) mass is 372 g/mol. The van der Waals surface area contributed by atoms with E-state index in [1.807, 2.05) is 45.0 Å². The van der Waals surface area contributed by atoms with Crippen molar-refractivity contribution in [2.45, 2.75) is 27.2 Å². The van der Waals surface area contributed by atoms with Gasteiger partial charge in [-0.25, -0.2) is 8.78 Å². The lowest BCUT2D eigenvalue weighted by atomic mass is 10.00. The highest BCUT2D eigenvalue weighted by Gasteiger charge is 2.13. The van der Waals surface area contributed by atoms with Crippen LogP contribution in [0.5, 0.6) is 0 Å². The standard InChI is InChI=1S/C26H22F2/c1-4-21-17-24(26(28)25(27)23-12-7-19(3)8-13-23)16-15-22(21)14-11-20-9-5-18(2)6-10-20/h5-10,12-13,15-17H,4H2,1-3H3/b26-25+. The Kier molecular flexibility index (Phi) is 6.06. The van der Waals surface area contributed by atoms with Crippen LogP contribution in [0.4, 0.5) is 8.78 Å². The van der Waals surface area contributed by atoms with Crippen LogP contribution in [0, 0.1) is 25.7 Å². The summed E-state index contributed by atoms with van der Waals surface area (Å²) in [7, 11) is 0.